The van der Waals surface area contributed by atoms with Crippen LogP contribution in [0.1, 0.15) is 11.1 Å². The summed E-state index contributed by atoms with van der Waals surface area (Å²) in [5, 5.41) is 37.1. The van der Waals surface area contributed by atoms with Crippen LogP contribution in [0.5, 0.6) is 23.3 Å². The molecule has 0 amide bonds. The molecule has 84 valence electrons. The molecule has 0 fully saturated rings. The third kappa shape index (κ3) is 1.88. The minimum absolute atomic E-state index is 0.0256. The average Bonchev–Trinajstić information content (AvgIpc) is 2.50. The molecule has 1 heterocycles. The summed E-state index contributed by atoms with van der Waals surface area (Å²) in [6.45, 7) is 0. The van der Waals surface area contributed by atoms with Crippen LogP contribution in [0.3, 0.4) is 0 Å². The smallest absolute Gasteiger partial charge is 0.194 e. The van der Waals surface area contributed by atoms with Gasteiger partial charge in [-0.25, -0.2) is 0 Å². The molecule has 5 heteroatoms. The number of nitrogens with one attached hydrogen (secondary N) is 1. The molecule has 5 nitrogen and oxygen atoms in total. The van der Waals surface area contributed by atoms with E-state index >= 15 is 0 Å². The Morgan fingerprint density at radius 1 is 0.938 bits per heavy atom. The van der Waals surface area contributed by atoms with Gasteiger partial charge in [-0.15, -0.1) is 0 Å². The quantitative estimate of drug-likeness (QED) is 0.530. The van der Waals surface area contributed by atoms with Crippen LogP contribution < -0.4 is 0 Å². The molecule has 0 saturated heterocycles. The summed E-state index contributed by atoms with van der Waals surface area (Å²) in [5.74, 6) is -0.349. The largest absolute Gasteiger partial charge is 0.508 e. The Bertz CT molecular complexity index is 519. The first-order valence-corrected chi connectivity index (χ1v) is 4.67. The van der Waals surface area contributed by atoms with Crippen molar-refractivity contribution in [2.45, 2.75) is 6.42 Å². The molecule has 0 aliphatic heterocycles. The summed E-state index contributed by atoms with van der Waals surface area (Å²) in [7, 11) is 0. The zero-order chi connectivity index (χ0) is 11.7. The molecule has 2 aromatic rings. The molecule has 1 aromatic carbocycles. The minimum atomic E-state index is -0.134. The van der Waals surface area contributed by atoms with E-state index in [-0.39, 0.29) is 29.7 Å². The van der Waals surface area contributed by atoms with Gasteiger partial charge in [0.15, 0.2) is 11.8 Å². The van der Waals surface area contributed by atoms with E-state index in [0.29, 0.717) is 11.1 Å². The number of hydrogen-bond donors (Lipinski definition) is 5. The van der Waals surface area contributed by atoms with E-state index in [4.69, 9.17) is 10.2 Å². The highest BCUT2D eigenvalue weighted by Crippen LogP contribution is 2.29. The van der Waals surface area contributed by atoms with Crippen molar-refractivity contribution >= 4 is 0 Å². The number of phenols is 2. The number of aromatic amines is 1. The molecular formula is C11H11NO4. The molecule has 0 bridgehead atoms. The van der Waals surface area contributed by atoms with E-state index in [2.05, 4.69) is 4.98 Å². The zero-order valence-corrected chi connectivity index (χ0v) is 8.31. The Balaban J connectivity index is 2.30. The van der Waals surface area contributed by atoms with Crippen molar-refractivity contribution in [3.05, 3.63) is 35.4 Å². The van der Waals surface area contributed by atoms with Crippen LogP contribution in [-0.4, -0.2) is 25.4 Å². The summed E-state index contributed by atoms with van der Waals surface area (Å²) in [4.78, 5) is 2.34. The fraction of sp³-hybridized carbons (Fsp3) is 0.0909. The predicted octanol–water partition coefficient (Wildman–Crippen LogP) is 1.43. The van der Waals surface area contributed by atoms with Crippen molar-refractivity contribution in [1.29, 1.82) is 0 Å². The highest BCUT2D eigenvalue weighted by Gasteiger charge is 2.10. The molecular weight excluding hydrogens is 210 g/mol. The van der Waals surface area contributed by atoms with E-state index in [1.807, 2.05) is 0 Å². The maximum absolute atomic E-state index is 9.54. The van der Waals surface area contributed by atoms with Crippen molar-refractivity contribution in [3.63, 3.8) is 0 Å². The summed E-state index contributed by atoms with van der Waals surface area (Å²) >= 11 is 0. The van der Waals surface area contributed by atoms with E-state index in [0.717, 1.165) is 0 Å². The van der Waals surface area contributed by atoms with E-state index in [1.54, 1.807) is 6.07 Å². The summed E-state index contributed by atoms with van der Waals surface area (Å²) < 4.78 is 0. The standard InChI is InChI=1S/C11H11NO4/c13-8-2-1-6(9(14)5-8)3-7-4-10(15)12-11(7)16/h1-2,4-5,12-16H,3H2. The monoisotopic (exact) mass is 221 g/mol. The highest BCUT2D eigenvalue weighted by atomic mass is 16.3. The molecule has 0 saturated carbocycles. The second-order valence-electron chi connectivity index (χ2n) is 3.52. The molecule has 0 spiro atoms. The number of benzene rings is 1. The molecule has 0 unspecified atom stereocenters. The summed E-state index contributed by atoms with van der Waals surface area (Å²) in [6.07, 6.45) is 0.259. The van der Waals surface area contributed by atoms with Gasteiger partial charge in [-0.3, -0.25) is 4.98 Å². The Kier molecular flexibility index (Phi) is 2.36. The molecule has 0 atom stereocenters. The minimum Gasteiger partial charge on any atom is -0.508 e. The first-order valence-electron chi connectivity index (χ1n) is 4.67. The van der Waals surface area contributed by atoms with Gasteiger partial charge in [0, 0.05) is 24.1 Å². The van der Waals surface area contributed by atoms with Crippen LogP contribution in [0.15, 0.2) is 24.3 Å². The van der Waals surface area contributed by atoms with Gasteiger partial charge in [0.2, 0.25) is 0 Å². The summed E-state index contributed by atoms with van der Waals surface area (Å²) in [5.41, 5.74) is 1.02. The van der Waals surface area contributed by atoms with Crippen LogP contribution in [0.2, 0.25) is 0 Å². The Morgan fingerprint density at radius 3 is 2.25 bits per heavy atom. The Labute approximate surface area is 91.2 Å². The SMILES string of the molecule is Oc1ccc(Cc2cc(O)[nH]c2O)c(O)c1. The van der Waals surface area contributed by atoms with Gasteiger partial charge in [-0.2, -0.15) is 0 Å². The average molecular weight is 221 g/mol. The zero-order valence-electron chi connectivity index (χ0n) is 8.31. The number of aromatic hydroxyl groups is 4. The molecule has 0 radical (unpaired) electrons. The number of aromatic nitrogens is 1. The predicted molar refractivity (Wildman–Crippen MR) is 56.7 cm³/mol. The normalized spacial score (nSPS) is 10.5. The lowest BCUT2D eigenvalue weighted by atomic mass is 10.1. The van der Waals surface area contributed by atoms with Gasteiger partial charge in [-0.05, 0) is 11.6 Å². The van der Waals surface area contributed by atoms with Gasteiger partial charge in [0.1, 0.15) is 11.5 Å². The molecule has 1 aromatic heterocycles. The van der Waals surface area contributed by atoms with Gasteiger partial charge < -0.3 is 20.4 Å². The number of phenolic OH excluding ortho intramolecular Hbond substituents is 2. The Hall–Kier alpha value is -2.30. The van der Waals surface area contributed by atoms with Crippen LogP contribution >= 0.6 is 0 Å². The fourth-order valence-corrected chi connectivity index (χ4v) is 1.51. The summed E-state index contributed by atoms with van der Waals surface area (Å²) in [6, 6.07) is 5.59. The molecule has 16 heavy (non-hydrogen) atoms. The van der Waals surface area contributed by atoms with Gasteiger partial charge >= 0.3 is 0 Å². The second-order valence-corrected chi connectivity index (χ2v) is 3.52. The highest BCUT2D eigenvalue weighted by molar-refractivity contribution is 5.44. The van der Waals surface area contributed by atoms with Crippen LogP contribution in [0, 0.1) is 0 Å². The van der Waals surface area contributed by atoms with Crippen molar-refractivity contribution in [1.82, 2.24) is 4.98 Å². The maximum Gasteiger partial charge on any atom is 0.194 e. The van der Waals surface area contributed by atoms with Gasteiger partial charge in [0.05, 0.1) is 0 Å². The topological polar surface area (TPSA) is 96.7 Å². The number of H-pyrrole nitrogens is 1. The van der Waals surface area contributed by atoms with Crippen molar-refractivity contribution in [2.24, 2.45) is 0 Å². The lowest BCUT2D eigenvalue weighted by Crippen LogP contribution is -1.87. The van der Waals surface area contributed by atoms with Crippen LogP contribution in [0.4, 0.5) is 0 Å². The lowest BCUT2D eigenvalue weighted by Gasteiger charge is -2.03. The fourth-order valence-electron chi connectivity index (χ4n) is 1.51. The number of hydrogen-bond acceptors (Lipinski definition) is 4. The van der Waals surface area contributed by atoms with E-state index in [1.165, 1.54) is 18.2 Å². The van der Waals surface area contributed by atoms with Crippen molar-refractivity contribution in [2.75, 3.05) is 0 Å². The lowest BCUT2D eigenvalue weighted by molar-refractivity contribution is 0.423. The van der Waals surface area contributed by atoms with Crippen LogP contribution in [-0.2, 0) is 6.42 Å². The van der Waals surface area contributed by atoms with Gasteiger partial charge in [0.25, 0.3) is 0 Å². The van der Waals surface area contributed by atoms with Crippen molar-refractivity contribution in [3.8, 4) is 23.3 Å². The molecule has 5 N–H and O–H groups in total. The molecule has 2 rings (SSSR count). The van der Waals surface area contributed by atoms with Crippen LogP contribution in [0.25, 0.3) is 0 Å². The molecule has 0 aliphatic carbocycles. The first kappa shape index (κ1) is 10.2. The third-order valence-electron chi connectivity index (χ3n) is 2.31. The first-order chi connectivity index (χ1) is 7.56. The van der Waals surface area contributed by atoms with E-state index < -0.39 is 0 Å². The van der Waals surface area contributed by atoms with E-state index in [9.17, 15) is 10.2 Å². The molecule has 0 aliphatic rings. The maximum atomic E-state index is 9.54. The van der Waals surface area contributed by atoms with Gasteiger partial charge in [-0.1, -0.05) is 6.07 Å². The van der Waals surface area contributed by atoms with Crippen molar-refractivity contribution < 1.29 is 20.4 Å². The second kappa shape index (κ2) is 3.69. The number of rotatable bonds is 2. The Morgan fingerprint density at radius 2 is 1.69 bits per heavy atom. The third-order valence-corrected chi connectivity index (χ3v) is 2.31.